The Labute approximate surface area is 96.2 Å². The van der Waals surface area contributed by atoms with Gasteiger partial charge in [0.05, 0.1) is 26.5 Å². The molecular weight excluding hydrogens is 206 g/mol. The first kappa shape index (κ1) is 12.7. The van der Waals surface area contributed by atoms with E-state index in [-0.39, 0.29) is 6.04 Å². The van der Waals surface area contributed by atoms with Gasteiger partial charge in [-0.25, -0.2) is 4.98 Å². The highest BCUT2D eigenvalue weighted by molar-refractivity contribution is 5.25. The van der Waals surface area contributed by atoms with Crippen molar-refractivity contribution >= 4 is 0 Å². The number of aromatic nitrogens is 2. The minimum absolute atomic E-state index is 0.119. The molecule has 0 saturated heterocycles. The summed E-state index contributed by atoms with van der Waals surface area (Å²) in [5, 5.41) is 3.34. The number of hydrogen-bond acceptors (Lipinski definition) is 5. The number of nitrogens with zero attached hydrogens (tertiary/aromatic N) is 2. The Morgan fingerprint density at radius 1 is 1.38 bits per heavy atom. The van der Waals surface area contributed by atoms with Crippen LogP contribution in [0.4, 0.5) is 0 Å². The summed E-state index contributed by atoms with van der Waals surface area (Å²) in [6.07, 6.45) is 2.68. The van der Waals surface area contributed by atoms with Crippen molar-refractivity contribution in [1.29, 1.82) is 0 Å². The summed E-state index contributed by atoms with van der Waals surface area (Å²) in [6, 6.07) is 0.119. The van der Waals surface area contributed by atoms with Crippen molar-refractivity contribution < 1.29 is 9.47 Å². The molecule has 0 aliphatic heterocycles. The molecule has 0 saturated carbocycles. The third-order valence-electron chi connectivity index (χ3n) is 2.26. The van der Waals surface area contributed by atoms with Crippen LogP contribution in [0, 0.1) is 0 Å². The maximum Gasteiger partial charge on any atom is 0.240 e. The molecule has 0 radical (unpaired) electrons. The smallest absolute Gasteiger partial charge is 0.240 e. The lowest BCUT2D eigenvalue weighted by atomic mass is 10.2. The highest BCUT2D eigenvalue weighted by Crippen LogP contribution is 2.22. The van der Waals surface area contributed by atoms with E-state index >= 15 is 0 Å². The molecule has 90 valence electrons. The summed E-state index contributed by atoms with van der Waals surface area (Å²) in [7, 11) is 3.14. The van der Waals surface area contributed by atoms with Gasteiger partial charge in [-0.05, 0) is 19.9 Å². The van der Waals surface area contributed by atoms with Crippen molar-refractivity contribution in [2.45, 2.75) is 26.3 Å². The van der Waals surface area contributed by atoms with Gasteiger partial charge < -0.3 is 14.8 Å². The van der Waals surface area contributed by atoms with Crippen LogP contribution in [0.3, 0.4) is 0 Å². The molecule has 0 aliphatic rings. The molecule has 1 aromatic rings. The number of nitrogens with one attached hydrogen (secondary N) is 1. The van der Waals surface area contributed by atoms with Crippen LogP contribution in [0.15, 0.2) is 6.20 Å². The van der Waals surface area contributed by atoms with E-state index in [0.29, 0.717) is 11.8 Å². The summed E-state index contributed by atoms with van der Waals surface area (Å²) < 4.78 is 10.2. The number of methoxy groups -OCH3 is 2. The molecule has 5 heteroatoms. The second-order valence-corrected chi connectivity index (χ2v) is 3.48. The molecule has 16 heavy (non-hydrogen) atoms. The van der Waals surface area contributed by atoms with Crippen LogP contribution in [0.2, 0.25) is 0 Å². The van der Waals surface area contributed by atoms with Crippen LogP contribution in [-0.4, -0.2) is 30.7 Å². The van der Waals surface area contributed by atoms with Gasteiger partial charge in [-0.3, -0.25) is 0 Å². The second-order valence-electron chi connectivity index (χ2n) is 3.48. The predicted octanol–water partition coefficient (Wildman–Crippen LogP) is 1.55. The van der Waals surface area contributed by atoms with Gasteiger partial charge in [-0.15, -0.1) is 0 Å². The Morgan fingerprint density at radius 2 is 2.12 bits per heavy atom. The van der Waals surface area contributed by atoms with E-state index < -0.39 is 0 Å². The third-order valence-corrected chi connectivity index (χ3v) is 2.26. The van der Waals surface area contributed by atoms with E-state index in [1.165, 1.54) is 0 Å². The fourth-order valence-electron chi connectivity index (χ4n) is 1.37. The van der Waals surface area contributed by atoms with Crippen molar-refractivity contribution in [2.24, 2.45) is 0 Å². The SMILES string of the molecule is CCCNC(C)c1ncc(OC)nc1OC. The first-order valence-electron chi connectivity index (χ1n) is 5.41. The Hall–Kier alpha value is -1.36. The summed E-state index contributed by atoms with van der Waals surface area (Å²) in [5.41, 5.74) is 0.803. The molecule has 5 nitrogen and oxygen atoms in total. The normalized spacial score (nSPS) is 12.2. The Morgan fingerprint density at radius 3 is 2.69 bits per heavy atom. The maximum atomic E-state index is 5.20. The first-order chi connectivity index (χ1) is 7.72. The first-order valence-corrected chi connectivity index (χ1v) is 5.41. The molecule has 1 N–H and O–H groups in total. The molecule has 0 spiro atoms. The zero-order valence-electron chi connectivity index (χ0n) is 10.3. The van der Waals surface area contributed by atoms with Gasteiger partial charge in [0, 0.05) is 0 Å². The molecule has 0 fully saturated rings. The molecule has 1 heterocycles. The average molecular weight is 225 g/mol. The fraction of sp³-hybridized carbons (Fsp3) is 0.636. The average Bonchev–Trinajstić information content (AvgIpc) is 2.34. The summed E-state index contributed by atoms with van der Waals surface area (Å²) in [6.45, 7) is 5.10. The van der Waals surface area contributed by atoms with Crippen LogP contribution in [0.25, 0.3) is 0 Å². The number of hydrogen-bond donors (Lipinski definition) is 1. The molecule has 0 bridgehead atoms. The molecular formula is C11H19N3O2. The standard InChI is InChI=1S/C11H19N3O2/c1-5-6-12-8(2)10-11(16-4)14-9(15-3)7-13-10/h7-8,12H,5-6H2,1-4H3. The van der Waals surface area contributed by atoms with E-state index in [1.54, 1.807) is 20.4 Å². The van der Waals surface area contributed by atoms with Gasteiger partial charge in [-0.1, -0.05) is 6.92 Å². The van der Waals surface area contributed by atoms with Crippen LogP contribution in [-0.2, 0) is 0 Å². The van der Waals surface area contributed by atoms with Crippen molar-refractivity contribution in [2.75, 3.05) is 20.8 Å². The van der Waals surface area contributed by atoms with Crippen LogP contribution >= 0.6 is 0 Å². The van der Waals surface area contributed by atoms with Gasteiger partial charge in [0.1, 0.15) is 5.69 Å². The highest BCUT2D eigenvalue weighted by Gasteiger charge is 2.14. The Balaban J connectivity index is 2.85. The predicted molar refractivity (Wildman–Crippen MR) is 61.8 cm³/mol. The summed E-state index contributed by atoms with van der Waals surface area (Å²) in [4.78, 5) is 8.49. The van der Waals surface area contributed by atoms with E-state index in [1.807, 2.05) is 6.92 Å². The second kappa shape index (κ2) is 6.27. The minimum Gasteiger partial charge on any atom is -0.480 e. The zero-order valence-corrected chi connectivity index (χ0v) is 10.3. The van der Waals surface area contributed by atoms with Crippen molar-refractivity contribution in [3.05, 3.63) is 11.9 Å². The molecule has 0 aliphatic carbocycles. The Kier molecular flexibility index (Phi) is 4.98. The minimum atomic E-state index is 0.119. The lowest BCUT2D eigenvalue weighted by Gasteiger charge is -2.15. The molecule has 1 rings (SSSR count). The number of rotatable bonds is 6. The zero-order chi connectivity index (χ0) is 12.0. The lowest BCUT2D eigenvalue weighted by molar-refractivity contribution is 0.351. The Bertz CT molecular complexity index is 331. The molecule has 0 amide bonds. The van der Waals surface area contributed by atoms with E-state index in [9.17, 15) is 0 Å². The summed E-state index contributed by atoms with van der Waals surface area (Å²) >= 11 is 0. The van der Waals surface area contributed by atoms with Crippen LogP contribution in [0.1, 0.15) is 32.0 Å². The quantitative estimate of drug-likeness (QED) is 0.796. The van der Waals surface area contributed by atoms with Crippen LogP contribution in [0.5, 0.6) is 11.8 Å². The fourth-order valence-corrected chi connectivity index (χ4v) is 1.37. The van der Waals surface area contributed by atoms with Gasteiger partial charge in [0.2, 0.25) is 11.8 Å². The van der Waals surface area contributed by atoms with Gasteiger partial charge in [-0.2, -0.15) is 4.98 Å². The van der Waals surface area contributed by atoms with Crippen molar-refractivity contribution in [3.8, 4) is 11.8 Å². The van der Waals surface area contributed by atoms with Crippen LogP contribution < -0.4 is 14.8 Å². The van der Waals surface area contributed by atoms with Crippen molar-refractivity contribution in [1.82, 2.24) is 15.3 Å². The topological polar surface area (TPSA) is 56.3 Å². The highest BCUT2D eigenvalue weighted by atomic mass is 16.5. The van der Waals surface area contributed by atoms with Gasteiger partial charge in [0.15, 0.2) is 0 Å². The van der Waals surface area contributed by atoms with E-state index in [4.69, 9.17) is 9.47 Å². The van der Waals surface area contributed by atoms with Gasteiger partial charge in [0.25, 0.3) is 0 Å². The van der Waals surface area contributed by atoms with Gasteiger partial charge >= 0.3 is 0 Å². The van der Waals surface area contributed by atoms with E-state index in [0.717, 1.165) is 18.7 Å². The summed E-state index contributed by atoms with van der Waals surface area (Å²) in [5.74, 6) is 0.971. The maximum absolute atomic E-state index is 5.20. The number of ether oxygens (including phenoxy) is 2. The molecule has 1 aromatic heterocycles. The van der Waals surface area contributed by atoms with E-state index in [2.05, 4.69) is 22.2 Å². The lowest BCUT2D eigenvalue weighted by Crippen LogP contribution is -2.21. The monoisotopic (exact) mass is 225 g/mol. The molecule has 1 unspecified atom stereocenters. The largest absolute Gasteiger partial charge is 0.480 e. The molecule has 1 atom stereocenters. The molecule has 0 aromatic carbocycles. The van der Waals surface area contributed by atoms with Crippen molar-refractivity contribution in [3.63, 3.8) is 0 Å². The third kappa shape index (κ3) is 3.06.